The lowest BCUT2D eigenvalue weighted by molar-refractivity contribution is -0.155. The van der Waals surface area contributed by atoms with Crippen molar-refractivity contribution in [2.45, 2.75) is 46.3 Å². The van der Waals surface area contributed by atoms with Crippen LogP contribution >= 0.6 is 0 Å². The molecule has 0 saturated heterocycles. The van der Waals surface area contributed by atoms with Crippen molar-refractivity contribution < 1.29 is 14.3 Å². The molecule has 2 rings (SSSR count). The lowest BCUT2D eigenvalue weighted by Crippen LogP contribution is -2.43. The summed E-state index contributed by atoms with van der Waals surface area (Å²) >= 11 is 0. The van der Waals surface area contributed by atoms with E-state index >= 15 is 0 Å². The van der Waals surface area contributed by atoms with E-state index in [-0.39, 0.29) is 23.8 Å². The maximum Gasteiger partial charge on any atom is 0.326 e. The standard InChI is InChI=1S/C22H32N4O4/c1-15(2)26-20(28)17-11-9-8-10-16(17)19(23-26)21(29)25(13-12-24(6)7)14-18(27)30-22(3,4)5/h8-11,15H,12-14H2,1-7H3. The van der Waals surface area contributed by atoms with E-state index in [0.717, 1.165) is 0 Å². The third-order valence-corrected chi connectivity index (χ3v) is 4.36. The monoisotopic (exact) mass is 416 g/mol. The van der Waals surface area contributed by atoms with Gasteiger partial charge in [-0.25, -0.2) is 4.68 Å². The largest absolute Gasteiger partial charge is 0.459 e. The number of benzene rings is 1. The zero-order valence-corrected chi connectivity index (χ0v) is 18.9. The number of aromatic nitrogens is 2. The van der Waals surface area contributed by atoms with Crippen molar-refractivity contribution in [1.82, 2.24) is 19.6 Å². The molecule has 0 fully saturated rings. The molecule has 1 aromatic carbocycles. The van der Waals surface area contributed by atoms with Gasteiger partial charge in [-0.15, -0.1) is 0 Å². The molecule has 0 aliphatic heterocycles. The second-order valence-electron chi connectivity index (χ2n) is 8.85. The van der Waals surface area contributed by atoms with Crippen molar-refractivity contribution in [3.8, 4) is 0 Å². The first-order valence-electron chi connectivity index (χ1n) is 10.1. The molecule has 30 heavy (non-hydrogen) atoms. The van der Waals surface area contributed by atoms with Gasteiger partial charge in [0.2, 0.25) is 0 Å². The van der Waals surface area contributed by atoms with E-state index in [4.69, 9.17) is 4.74 Å². The van der Waals surface area contributed by atoms with Crippen LogP contribution in [0.4, 0.5) is 0 Å². The summed E-state index contributed by atoms with van der Waals surface area (Å²) < 4.78 is 6.72. The minimum Gasteiger partial charge on any atom is -0.459 e. The molecule has 0 radical (unpaired) electrons. The number of fused-ring (bicyclic) bond motifs is 1. The van der Waals surface area contributed by atoms with Crippen LogP contribution in [0.15, 0.2) is 29.1 Å². The van der Waals surface area contributed by atoms with Gasteiger partial charge in [0.25, 0.3) is 11.5 Å². The fourth-order valence-electron chi connectivity index (χ4n) is 2.97. The Hall–Kier alpha value is -2.74. The Morgan fingerprint density at radius 3 is 2.23 bits per heavy atom. The summed E-state index contributed by atoms with van der Waals surface area (Å²) in [5.41, 5.74) is -0.742. The van der Waals surface area contributed by atoms with E-state index in [1.807, 2.05) is 32.8 Å². The van der Waals surface area contributed by atoms with Gasteiger partial charge in [0.05, 0.1) is 11.4 Å². The van der Waals surface area contributed by atoms with Gasteiger partial charge in [-0.2, -0.15) is 5.10 Å². The number of likely N-dealkylation sites (N-methyl/N-ethyl adjacent to an activating group) is 1. The Balaban J connectivity index is 2.50. The molecular formula is C22H32N4O4. The number of amides is 1. The lowest BCUT2D eigenvalue weighted by Gasteiger charge is -2.26. The summed E-state index contributed by atoms with van der Waals surface area (Å²) in [6.07, 6.45) is 0. The number of esters is 1. The second kappa shape index (κ2) is 9.38. The maximum absolute atomic E-state index is 13.5. The Labute approximate surface area is 177 Å². The number of carbonyl (C=O) groups excluding carboxylic acids is 2. The Bertz CT molecular complexity index is 973. The predicted molar refractivity (Wildman–Crippen MR) is 117 cm³/mol. The second-order valence-corrected chi connectivity index (χ2v) is 8.85. The van der Waals surface area contributed by atoms with Crippen molar-refractivity contribution in [3.63, 3.8) is 0 Å². The van der Waals surface area contributed by atoms with Crippen LogP contribution in [0, 0.1) is 0 Å². The van der Waals surface area contributed by atoms with E-state index in [1.54, 1.807) is 45.0 Å². The zero-order chi connectivity index (χ0) is 22.6. The van der Waals surface area contributed by atoms with Crippen LogP contribution in [-0.4, -0.2) is 70.8 Å². The number of nitrogens with zero attached hydrogens (tertiary/aromatic N) is 4. The minimum absolute atomic E-state index is 0.154. The molecule has 0 aliphatic rings. The van der Waals surface area contributed by atoms with Gasteiger partial charge >= 0.3 is 5.97 Å². The third kappa shape index (κ3) is 5.89. The van der Waals surface area contributed by atoms with Gasteiger partial charge in [0.15, 0.2) is 5.69 Å². The minimum atomic E-state index is -0.650. The average Bonchev–Trinajstić information content (AvgIpc) is 2.63. The Kier molecular flexibility index (Phi) is 7.36. The van der Waals surface area contributed by atoms with Crippen LogP contribution in [0.5, 0.6) is 0 Å². The fourth-order valence-corrected chi connectivity index (χ4v) is 2.97. The number of ether oxygens (including phenoxy) is 1. The summed E-state index contributed by atoms with van der Waals surface area (Å²) in [6, 6.07) is 6.70. The quantitative estimate of drug-likeness (QED) is 0.644. The van der Waals surface area contributed by atoms with E-state index in [0.29, 0.717) is 23.9 Å². The van der Waals surface area contributed by atoms with Crippen LogP contribution in [0.25, 0.3) is 10.8 Å². The number of carbonyl (C=O) groups is 2. The molecule has 0 saturated carbocycles. The summed E-state index contributed by atoms with van der Waals surface area (Å²) in [5, 5.41) is 5.28. The highest BCUT2D eigenvalue weighted by atomic mass is 16.6. The molecule has 1 heterocycles. The number of rotatable bonds is 7. The van der Waals surface area contributed by atoms with Gasteiger partial charge in [0.1, 0.15) is 12.1 Å². The number of hydrogen-bond acceptors (Lipinski definition) is 6. The van der Waals surface area contributed by atoms with Crippen molar-refractivity contribution in [3.05, 3.63) is 40.3 Å². The van der Waals surface area contributed by atoms with Crippen LogP contribution in [0.1, 0.15) is 51.1 Å². The van der Waals surface area contributed by atoms with Gasteiger partial charge < -0.3 is 14.5 Å². The van der Waals surface area contributed by atoms with Crippen LogP contribution in [0.3, 0.4) is 0 Å². The van der Waals surface area contributed by atoms with Crippen LogP contribution < -0.4 is 5.56 Å². The fraction of sp³-hybridized carbons (Fsp3) is 0.545. The van der Waals surface area contributed by atoms with E-state index in [9.17, 15) is 14.4 Å². The zero-order valence-electron chi connectivity index (χ0n) is 18.9. The first-order chi connectivity index (χ1) is 13.9. The molecule has 1 amide bonds. The Morgan fingerprint density at radius 1 is 1.10 bits per heavy atom. The molecule has 0 spiro atoms. The van der Waals surface area contributed by atoms with Gasteiger partial charge in [-0.1, -0.05) is 18.2 Å². The molecule has 0 aliphatic carbocycles. The smallest absolute Gasteiger partial charge is 0.326 e. The molecule has 0 atom stereocenters. The highest BCUT2D eigenvalue weighted by molar-refractivity contribution is 6.05. The van der Waals surface area contributed by atoms with Gasteiger partial charge in [0, 0.05) is 18.5 Å². The van der Waals surface area contributed by atoms with E-state index < -0.39 is 17.5 Å². The topological polar surface area (TPSA) is 84.7 Å². The lowest BCUT2D eigenvalue weighted by atomic mass is 10.1. The molecule has 8 heteroatoms. The Morgan fingerprint density at radius 2 is 1.70 bits per heavy atom. The molecule has 0 bridgehead atoms. The first-order valence-corrected chi connectivity index (χ1v) is 10.1. The molecule has 0 unspecified atom stereocenters. The van der Waals surface area contributed by atoms with E-state index in [1.165, 1.54) is 9.58 Å². The highest BCUT2D eigenvalue weighted by Gasteiger charge is 2.26. The van der Waals surface area contributed by atoms with Gasteiger partial charge in [-0.3, -0.25) is 14.4 Å². The highest BCUT2D eigenvalue weighted by Crippen LogP contribution is 2.17. The first kappa shape index (κ1) is 23.5. The SMILES string of the molecule is CC(C)n1nc(C(=O)N(CCN(C)C)CC(=O)OC(C)(C)C)c2ccccc2c1=O. The molecule has 2 aromatic rings. The summed E-state index contributed by atoms with van der Waals surface area (Å²) in [5.74, 6) is -0.899. The van der Waals surface area contributed by atoms with Crippen LogP contribution in [-0.2, 0) is 9.53 Å². The van der Waals surface area contributed by atoms with Crippen LogP contribution in [0.2, 0.25) is 0 Å². The summed E-state index contributed by atoms with van der Waals surface area (Å²) in [6.45, 7) is 9.71. The van der Waals surface area contributed by atoms with Gasteiger partial charge in [-0.05, 0) is 54.8 Å². The predicted octanol–water partition coefficient (Wildman–Crippen LogP) is 2.32. The summed E-state index contributed by atoms with van der Waals surface area (Å²) in [7, 11) is 3.78. The average molecular weight is 417 g/mol. The molecule has 1 aromatic heterocycles. The van der Waals surface area contributed by atoms with Crippen molar-refractivity contribution >= 4 is 22.6 Å². The van der Waals surface area contributed by atoms with E-state index in [2.05, 4.69) is 5.10 Å². The van der Waals surface area contributed by atoms with Crippen molar-refractivity contribution in [2.24, 2.45) is 0 Å². The summed E-state index contributed by atoms with van der Waals surface area (Å²) in [4.78, 5) is 42.0. The van der Waals surface area contributed by atoms with Crippen molar-refractivity contribution in [2.75, 3.05) is 33.7 Å². The molecule has 164 valence electrons. The molecular weight excluding hydrogens is 384 g/mol. The maximum atomic E-state index is 13.5. The molecule has 0 N–H and O–H groups in total. The van der Waals surface area contributed by atoms with Crippen molar-refractivity contribution in [1.29, 1.82) is 0 Å². The normalized spacial score (nSPS) is 11.9. The molecule has 8 nitrogen and oxygen atoms in total. The number of hydrogen-bond donors (Lipinski definition) is 0. The third-order valence-electron chi connectivity index (χ3n) is 4.36.